The number of hydrogen-bond donors (Lipinski definition) is 4. The van der Waals surface area contributed by atoms with Crippen LogP contribution in [0.15, 0.2) is 0 Å². The molecular formula is C20H38N4O8. The van der Waals surface area contributed by atoms with E-state index in [9.17, 15) is 19.2 Å². The zero-order valence-corrected chi connectivity index (χ0v) is 19.3. The van der Waals surface area contributed by atoms with Gasteiger partial charge in [-0.15, -0.1) is 0 Å². The lowest BCUT2D eigenvalue weighted by molar-refractivity contribution is -0.126. The van der Waals surface area contributed by atoms with E-state index in [0.717, 1.165) is 0 Å². The zero-order chi connectivity index (χ0) is 24.2. The highest BCUT2D eigenvalue weighted by atomic mass is 16.5. The molecule has 0 saturated heterocycles. The number of carbonyl (C=O) groups excluding carboxylic acids is 4. The maximum Gasteiger partial charge on any atom is 0.245 e. The molecule has 0 atom stereocenters. The molecule has 0 aliphatic heterocycles. The van der Waals surface area contributed by atoms with E-state index in [-0.39, 0.29) is 83.4 Å². The molecule has 0 aromatic carbocycles. The summed E-state index contributed by atoms with van der Waals surface area (Å²) in [5.74, 6) is -1.11. The van der Waals surface area contributed by atoms with Crippen molar-refractivity contribution in [3.63, 3.8) is 0 Å². The van der Waals surface area contributed by atoms with Gasteiger partial charge in [-0.3, -0.25) is 19.2 Å². The molecule has 0 rings (SSSR count). The normalized spacial score (nSPS) is 11.1. The van der Waals surface area contributed by atoms with E-state index in [4.69, 9.17) is 24.7 Å². The van der Waals surface area contributed by atoms with Gasteiger partial charge in [-0.1, -0.05) is 0 Å². The van der Waals surface area contributed by atoms with E-state index in [1.807, 2.05) is 0 Å². The van der Waals surface area contributed by atoms with Crippen LogP contribution in [0.1, 0.15) is 25.7 Å². The predicted octanol–water partition coefficient (Wildman–Crippen LogP) is -1.68. The first kappa shape index (κ1) is 29.7. The summed E-state index contributed by atoms with van der Waals surface area (Å²) in [4.78, 5) is 45.2. The Morgan fingerprint density at radius 1 is 0.656 bits per heavy atom. The smallest absolute Gasteiger partial charge is 0.245 e. The first-order chi connectivity index (χ1) is 15.3. The summed E-state index contributed by atoms with van der Waals surface area (Å²) in [6, 6.07) is 0. The minimum absolute atomic E-state index is 0.0835. The number of primary amides is 1. The Labute approximate surface area is 189 Å². The van der Waals surface area contributed by atoms with Gasteiger partial charge < -0.3 is 40.6 Å². The SMILES string of the molecule is CNC(=O)CCOCC(CCOCC(N)=O)(CCOCC(=O)NC)COCCC(=O)NC. The molecule has 4 amide bonds. The Morgan fingerprint density at radius 2 is 1.09 bits per heavy atom. The van der Waals surface area contributed by atoms with Crippen LogP contribution in [0.5, 0.6) is 0 Å². The van der Waals surface area contributed by atoms with E-state index in [1.165, 1.54) is 7.05 Å². The average molecular weight is 463 g/mol. The van der Waals surface area contributed by atoms with Crippen LogP contribution < -0.4 is 21.7 Å². The van der Waals surface area contributed by atoms with Crippen LogP contribution in [0.2, 0.25) is 0 Å². The van der Waals surface area contributed by atoms with Crippen LogP contribution in [0, 0.1) is 5.41 Å². The molecule has 0 aromatic heterocycles. The third kappa shape index (κ3) is 15.5. The lowest BCUT2D eigenvalue weighted by Crippen LogP contribution is -2.37. The number of nitrogens with two attached hydrogens (primary N) is 1. The average Bonchev–Trinajstić information content (AvgIpc) is 2.79. The maximum absolute atomic E-state index is 11.4. The molecule has 0 aliphatic carbocycles. The highest BCUT2D eigenvalue weighted by molar-refractivity contribution is 5.77. The molecule has 0 aliphatic rings. The molecule has 32 heavy (non-hydrogen) atoms. The Morgan fingerprint density at radius 3 is 1.50 bits per heavy atom. The number of nitrogens with one attached hydrogen (secondary N) is 3. The number of amides is 4. The van der Waals surface area contributed by atoms with E-state index in [2.05, 4.69) is 16.0 Å². The Bertz CT molecular complexity index is 514. The van der Waals surface area contributed by atoms with Crippen molar-refractivity contribution in [2.75, 3.05) is 74.0 Å². The molecule has 0 radical (unpaired) electrons. The third-order valence-corrected chi connectivity index (χ3v) is 4.63. The molecule has 0 bridgehead atoms. The number of rotatable bonds is 20. The van der Waals surface area contributed by atoms with Gasteiger partial charge in [-0.2, -0.15) is 0 Å². The van der Waals surface area contributed by atoms with Gasteiger partial charge in [0, 0.05) is 52.6 Å². The van der Waals surface area contributed by atoms with Gasteiger partial charge in [0.05, 0.1) is 26.4 Å². The van der Waals surface area contributed by atoms with Gasteiger partial charge in [-0.05, 0) is 12.8 Å². The molecule has 0 unspecified atom stereocenters. The molecule has 5 N–H and O–H groups in total. The van der Waals surface area contributed by atoms with Gasteiger partial charge in [0.1, 0.15) is 13.2 Å². The summed E-state index contributed by atoms with van der Waals surface area (Å²) in [5.41, 5.74) is 4.52. The summed E-state index contributed by atoms with van der Waals surface area (Å²) in [6.45, 7) is 1.05. The fraction of sp³-hybridized carbons (Fsp3) is 0.800. The van der Waals surface area contributed by atoms with Crippen LogP contribution in [0.3, 0.4) is 0 Å². The van der Waals surface area contributed by atoms with E-state index in [1.54, 1.807) is 14.1 Å². The van der Waals surface area contributed by atoms with E-state index < -0.39 is 11.3 Å². The first-order valence-corrected chi connectivity index (χ1v) is 10.5. The van der Waals surface area contributed by atoms with E-state index >= 15 is 0 Å². The Kier molecular flexibility index (Phi) is 17.0. The predicted molar refractivity (Wildman–Crippen MR) is 116 cm³/mol. The van der Waals surface area contributed by atoms with E-state index in [0.29, 0.717) is 12.8 Å². The number of likely N-dealkylation sites (N-methyl/N-ethyl adjacent to an activating group) is 1. The standard InChI is InChI=1S/C20H38N4O8/c1-22-17(26)4-8-31-14-20(6-10-29-12-16(21)25,7-11-30-13-19(28)24-3)15-32-9-5-18(27)23-2/h4-15H2,1-3H3,(H2,21,25)(H,22,26)(H,23,27)(H,24,28). The van der Waals surface area contributed by atoms with Crippen LogP contribution in [-0.2, 0) is 38.1 Å². The maximum atomic E-state index is 11.4. The zero-order valence-electron chi connectivity index (χ0n) is 19.3. The van der Waals surface area contributed by atoms with Crippen molar-refractivity contribution in [3.8, 4) is 0 Å². The fourth-order valence-electron chi connectivity index (χ4n) is 2.60. The summed E-state index contributed by atoms with van der Waals surface area (Å²) in [5, 5.41) is 7.53. The number of hydrogen-bond acceptors (Lipinski definition) is 8. The molecule has 12 nitrogen and oxygen atoms in total. The fourth-order valence-corrected chi connectivity index (χ4v) is 2.60. The highest BCUT2D eigenvalue weighted by Crippen LogP contribution is 2.29. The van der Waals surface area contributed by atoms with Gasteiger partial charge in [0.25, 0.3) is 0 Å². The third-order valence-electron chi connectivity index (χ3n) is 4.63. The van der Waals surface area contributed by atoms with Gasteiger partial charge >= 0.3 is 0 Å². The van der Waals surface area contributed by atoms with Crippen molar-refractivity contribution < 1.29 is 38.1 Å². The second kappa shape index (κ2) is 18.3. The van der Waals surface area contributed by atoms with Crippen LogP contribution in [0.25, 0.3) is 0 Å². The van der Waals surface area contributed by atoms with Gasteiger partial charge in [-0.25, -0.2) is 0 Å². The van der Waals surface area contributed by atoms with Crippen LogP contribution in [0.4, 0.5) is 0 Å². The van der Waals surface area contributed by atoms with Gasteiger partial charge in [0.15, 0.2) is 0 Å². The number of ether oxygens (including phenoxy) is 4. The monoisotopic (exact) mass is 462 g/mol. The van der Waals surface area contributed by atoms with Crippen molar-refractivity contribution >= 4 is 23.6 Å². The molecule has 0 saturated carbocycles. The largest absolute Gasteiger partial charge is 0.380 e. The molecule has 0 heterocycles. The molecule has 0 fully saturated rings. The highest BCUT2D eigenvalue weighted by Gasteiger charge is 2.31. The van der Waals surface area contributed by atoms with Gasteiger partial charge in [0.2, 0.25) is 23.6 Å². The van der Waals surface area contributed by atoms with Crippen molar-refractivity contribution in [2.24, 2.45) is 11.1 Å². The molecule has 186 valence electrons. The lowest BCUT2D eigenvalue weighted by atomic mass is 9.83. The quantitative estimate of drug-likeness (QED) is 0.156. The topological polar surface area (TPSA) is 167 Å². The van der Waals surface area contributed by atoms with Crippen molar-refractivity contribution in [1.82, 2.24) is 16.0 Å². The summed E-state index contributed by atoms with van der Waals surface area (Å²) < 4.78 is 22.3. The molecular weight excluding hydrogens is 424 g/mol. The van der Waals surface area contributed by atoms with Crippen molar-refractivity contribution in [1.29, 1.82) is 0 Å². The molecule has 12 heteroatoms. The second-order valence-electron chi connectivity index (χ2n) is 7.20. The first-order valence-electron chi connectivity index (χ1n) is 10.5. The number of carbonyl (C=O) groups is 4. The minimum Gasteiger partial charge on any atom is -0.380 e. The minimum atomic E-state index is -0.592. The lowest BCUT2D eigenvalue weighted by Gasteiger charge is -2.33. The Balaban J connectivity index is 5.04. The summed E-state index contributed by atoms with van der Waals surface area (Å²) >= 11 is 0. The molecule has 0 aromatic rings. The summed E-state index contributed by atoms with van der Waals surface area (Å²) in [6.07, 6.45) is 1.32. The van der Waals surface area contributed by atoms with Crippen molar-refractivity contribution in [3.05, 3.63) is 0 Å². The second-order valence-corrected chi connectivity index (χ2v) is 7.20. The van der Waals surface area contributed by atoms with Crippen LogP contribution >= 0.6 is 0 Å². The molecule has 0 spiro atoms. The van der Waals surface area contributed by atoms with Crippen LogP contribution in [-0.4, -0.2) is 97.6 Å². The van der Waals surface area contributed by atoms with Crippen molar-refractivity contribution in [2.45, 2.75) is 25.7 Å². The summed E-state index contributed by atoms with van der Waals surface area (Å²) in [7, 11) is 4.62. The Hall–Kier alpha value is -2.28.